The maximum Gasteiger partial charge on any atom is 0.225 e. The standard InChI is InChI=1S/C21H31N3O2/c1-20(26)11-16(12-20)19(25)23-13-21(14-23)7-5-15(6-8-21)18-10-17-4-2-3-9-24(17)22-18/h10,15-16,26H,2-9,11-14H2,1H3/t16-,20+. The lowest BCUT2D eigenvalue weighted by molar-refractivity contribution is -0.163. The van der Waals surface area contributed by atoms with E-state index in [9.17, 15) is 9.90 Å². The van der Waals surface area contributed by atoms with Gasteiger partial charge in [-0.05, 0) is 70.8 Å². The first-order valence-corrected chi connectivity index (χ1v) is 10.5. The van der Waals surface area contributed by atoms with Crippen LogP contribution in [-0.4, -0.2) is 44.4 Å². The Morgan fingerprint density at radius 3 is 2.62 bits per heavy atom. The molecule has 1 aromatic rings. The number of likely N-dealkylation sites (tertiary alicyclic amines) is 1. The summed E-state index contributed by atoms with van der Waals surface area (Å²) < 4.78 is 2.24. The van der Waals surface area contributed by atoms with Crippen molar-refractivity contribution >= 4 is 5.91 Å². The predicted octanol–water partition coefficient (Wildman–Crippen LogP) is 2.87. The van der Waals surface area contributed by atoms with Gasteiger partial charge in [0, 0.05) is 42.6 Å². The molecule has 1 saturated heterocycles. The average molecular weight is 357 g/mol. The van der Waals surface area contributed by atoms with Gasteiger partial charge in [-0.3, -0.25) is 9.48 Å². The van der Waals surface area contributed by atoms with Gasteiger partial charge in [0.1, 0.15) is 0 Å². The number of rotatable bonds is 2. The largest absolute Gasteiger partial charge is 0.390 e. The summed E-state index contributed by atoms with van der Waals surface area (Å²) >= 11 is 0. The fraction of sp³-hybridized carbons (Fsp3) is 0.810. The molecule has 3 fully saturated rings. The van der Waals surface area contributed by atoms with E-state index < -0.39 is 5.60 Å². The maximum atomic E-state index is 12.5. The normalized spacial score (nSPS) is 33.5. The highest BCUT2D eigenvalue weighted by Gasteiger charge is 2.51. The smallest absolute Gasteiger partial charge is 0.225 e. The highest BCUT2D eigenvalue weighted by molar-refractivity contribution is 5.81. The first-order valence-electron chi connectivity index (χ1n) is 10.5. The van der Waals surface area contributed by atoms with Gasteiger partial charge in [0.2, 0.25) is 5.91 Å². The predicted molar refractivity (Wildman–Crippen MR) is 98.7 cm³/mol. The fourth-order valence-electron chi connectivity index (χ4n) is 5.84. The number of amides is 1. The van der Waals surface area contributed by atoms with Crippen LogP contribution in [0.5, 0.6) is 0 Å². The van der Waals surface area contributed by atoms with E-state index in [1.807, 2.05) is 6.92 Å². The zero-order chi connectivity index (χ0) is 17.9. The first-order chi connectivity index (χ1) is 12.4. The van der Waals surface area contributed by atoms with Crippen LogP contribution in [-0.2, 0) is 17.8 Å². The van der Waals surface area contributed by atoms with E-state index in [4.69, 9.17) is 5.10 Å². The van der Waals surface area contributed by atoms with E-state index >= 15 is 0 Å². The van der Waals surface area contributed by atoms with Gasteiger partial charge < -0.3 is 10.0 Å². The van der Waals surface area contributed by atoms with Gasteiger partial charge in [0.25, 0.3) is 0 Å². The molecule has 5 nitrogen and oxygen atoms in total. The molecule has 1 aromatic heterocycles. The molecule has 0 bridgehead atoms. The summed E-state index contributed by atoms with van der Waals surface area (Å²) in [4.78, 5) is 14.6. The van der Waals surface area contributed by atoms with Gasteiger partial charge in [0.05, 0.1) is 11.3 Å². The minimum atomic E-state index is -0.606. The Hall–Kier alpha value is -1.36. The van der Waals surface area contributed by atoms with Crippen molar-refractivity contribution in [3.63, 3.8) is 0 Å². The number of aliphatic hydroxyl groups is 1. The third kappa shape index (κ3) is 2.79. The van der Waals surface area contributed by atoms with Crippen LogP contribution in [0, 0.1) is 11.3 Å². The number of carbonyl (C=O) groups excluding carboxylic acids is 1. The molecule has 2 aliphatic heterocycles. The van der Waals surface area contributed by atoms with Crippen LogP contribution in [0.4, 0.5) is 0 Å². The Morgan fingerprint density at radius 2 is 1.96 bits per heavy atom. The quantitative estimate of drug-likeness (QED) is 0.885. The van der Waals surface area contributed by atoms with E-state index in [1.165, 1.54) is 56.3 Å². The second kappa shape index (κ2) is 5.82. The number of aryl methyl sites for hydroxylation is 2. The minimum Gasteiger partial charge on any atom is -0.390 e. The van der Waals surface area contributed by atoms with Gasteiger partial charge in [-0.2, -0.15) is 5.10 Å². The van der Waals surface area contributed by atoms with Crippen LogP contribution < -0.4 is 0 Å². The number of hydrogen-bond donors (Lipinski definition) is 1. The minimum absolute atomic E-state index is 0.0653. The van der Waals surface area contributed by atoms with Crippen molar-refractivity contribution in [2.75, 3.05) is 13.1 Å². The van der Waals surface area contributed by atoms with Crippen LogP contribution in [0.2, 0.25) is 0 Å². The van der Waals surface area contributed by atoms with Crippen molar-refractivity contribution < 1.29 is 9.90 Å². The molecule has 1 N–H and O–H groups in total. The van der Waals surface area contributed by atoms with E-state index in [0.29, 0.717) is 24.2 Å². The van der Waals surface area contributed by atoms with E-state index in [2.05, 4.69) is 15.6 Å². The molecule has 142 valence electrons. The molecule has 0 aromatic carbocycles. The summed E-state index contributed by atoms with van der Waals surface area (Å²) in [6.07, 6.45) is 9.94. The van der Waals surface area contributed by atoms with Crippen molar-refractivity contribution in [2.24, 2.45) is 11.3 Å². The Kier molecular flexibility index (Phi) is 3.76. The van der Waals surface area contributed by atoms with Gasteiger partial charge in [0.15, 0.2) is 0 Å². The molecule has 5 heteroatoms. The fourth-order valence-corrected chi connectivity index (χ4v) is 5.84. The second-order valence-electron chi connectivity index (χ2n) is 9.81. The number of nitrogens with zero attached hydrogens (tertiary/aromatic N) is 3. The molecule has 1 amide bonds. The lowest BCUT2D eigenvalue weighted by Gasteiger charge is -2.55. The van der Waals surface area contributed by atoms with Gasteiger partial charge in [-0.15, -0.1) is 0 Å². The van der Waals surface area contributed by atoms with Gasteiger partial charge in [-0.1, -0.05) is 0 Å². The molecule has 0 radical (unpaired) electrons. The number of carbonyl (C=O) groups is 1. The average Bonchev–Trinajstić information content (AvgIpc) is 3.01. The van der Waals surface area contributed by atoms with Crippen molar-refractivity contribution in [2.45, 2.75) is 82.8 Å². The Balaban J connectivity index is 1.15. The summed E-state index contributed by atoms with van der Waals surface area (Å²) in [5, 5.41) is 14.8. The summed E-state index contributed by atoms with van der Waals surface area (Å²) in [7, 11) is 0. The Labute approximate surface area is 155 Å². The summed E-state index contributed by atoms with van der Waals surface area (Å²) in [5.41, 5.74) is 2.52. The van der Waals surface area contributed by atoms with E-state index in [-0.39, 0.29) is 11.8 Å². The third-order valence-corrected chi connectivity index (χ3v) is 7.49. The van der Waals surface area contributed by atoms with E-state index in [0.717, 1.165) is 19.6 Å². The van der Waals surface area contributed by atoms with Crippen LogP contribution in [0.15, 0.2) is 6.07 Å². The molecule has 3 heterocycles. The van der Waals surface area contributed by atoms with Crippen molar-refractivity contribution in [3.8, 4) is 0 Å². The zero-order valence-electron chi connectivity index (χ0n) is 15.9. The number of hydrogen-bond acceptors (Lipinski definition) is 3. The highest BCUT2D eigenvalue weighted by Crippen LogP contribution is 2.49. The van der Waals surface area contributed by atoms with E-state index in [1.54, 1.807) is 0 Å². The summed E-state index contributed by atoms with van der Waals surface area (Å²) in [6, 6.07) is 2.36. The van der Waals surface area contributed by atoms with Crippen LogP contribution >= 0.6 is 0 Å². The van der Waals surface area contributed by atoms with Crippen molar-refractivity contribution in [1.82, 2.24) is 14.7 Å². The molecule has 26 heavy (non-hydrogen) atoms. The summed E-state index contributed by atoms with van der Waals surface area (Å²) in [5.74, 6) is 0.965. The van der Waals surface area contributed by atoms with Gasteiger partial charge in [-0.25, -0.2) is 0 Å². The lowest BCUT2D eigenvalue weighted by Crippen LogP contribution is -2.62. The maximum absolute atomic E-state index is 12.5. The Bertz CT molecular complexity index is 675. The van der Waals surface area contributed by atoms with Gasteiger partial charge >= 0.3 is 0 Å². The summed E-state index contributed by atoms with van der Waals surface area (Å²) in [6.45, 7) is 4.81. The third-order valence-electron chi connectivity index (χ3n) is 7.49. The SMILES string of the molecule is C[C@]1(O)C[C@@H](C(=O)N2CC3(CCC(c4cc5n(n4)CCCC5)CC3)C2)C1. The molecular weight excluding hydrogens is 326 g/mol. The molecule has 2 aliphatic carbocycles. The molecule has 0 atom stereocenters. The number of aromatic nitrogens is 2. The van der Waals surface area contributed by atoms with Crippen LogP contribution in [0.25, 0.3) is 0 Å². The van der Waals surface area contributed by atoms with Crippen LogP contribution in [0.1, 0.15) is 75.6 Å². The Morgan fingerprint density at radius 1 is 1.23 bits per heavy atom. The molecule has 4 aliphatic rings. The zero-order valence-corrected chi connectivity index (χ0v) is 15.9. The highest BCUT2D eigenvalue weighted by atomic mass is 16.3. The van der Waals surface area contributed by atoms with Crippen molar-refractivity contribution in [1.29, 1.82) is 0 Å². The topological polar surface area (TPSA) is 58.4 Å². The first kappa shape index (κ1) is 16.8. The molecular formula is C21H31N3O2. The number of fused-ring (bicyclic) bond motifs is 1. The van der Waals surface area contributed by atoms with Crippen molar-refractivity contribution in [3.05, 3.63) is 17.5 Å². The molecule has 5 rings (SSSR count). The monoisotopic (exact) mass is 357 g/mol. The molecule has 1 spiro atoms. The molecule has 2 saturated carbocycles. The second-order valence-corrected chi connectivity index (χ2v) is 9.81. The molecule has 0 unspecified atom stereocenters. The van der Waals surface area contributed by atoms with Crippen LogP contribution in [0.3, 0.4) is 0 Å². The lowest BCUT2D eigenvalue weighted by atomic mass is 9.64.